The molecule has 1 aliphatic carbocycles. The fourth-order valence-corrected chi connectivity index (χ4v) is 4.95. The van der Waals surface area contributed by atoms with E-state index in [1.807, 2.05) is 6.07 Å². The van der Waals surface area contributed by atoms with Gasteiger partial charge in [-0.05, 0) is 68.0 Å². The Morgan fingerprint density at radius 1 is 1.06 bits per heavy atom. The molecule has 1 aliphatic heterocycles. The van der Waals surface area contributed by atoms with E-state index in [1.54, 1.807) is 23.1 Å². The van der Waals surface area contributed by atoms with Crippen molar-refractivity contribution in [3.63, 3.8) is 0 Å². The van der Waals surface area contributed by atoms with Crippen LogP contribution in [0.4, 0.5) is 16.2 Å². The van der Waals surface area contributed by atoms with Gasteiger partial charge in [0.1, 0.15) is 6.04 Å². The molecule has 1 atom stereocenters. The molecule has 1 saturated heterocycles. The number of amides is 3. The minimum Gasteiger partial charge on any atom is -0.326 e. The number of carbonyl (C=O) groups is 2. The Morgan fingerprint density at radius 3 is 2.47 bits per heavy atom. The third-order valence-electron chi connectivity index (χ3n) is 5.57. The summed E-state index contributed by atoms with van der Waals surface area (Å²) in [5.41, 5.74) is 1.05. The third-order valence-corrected chi connectivity index (χ3v) is 7.33. The lowest BCUT2D eigenvalue weighted by atomic mass is 10.0. The zero-order valence-electron chi connectivity index (χ0n) is 17.4. The summed E-state index contributed by atoms with van der Waals surface area (Å²) < 4.78 is 27.2. The minimum absolute atomic E-state index is 0.141. The Morgan fingerprint density at radius 2 is 1.78 bits per heavy atom. The fraction of sp³-hybridized carbons (Fsp3) is 0.364. The molecule has 2 fully saturated rings. The van der Waals surface area contributed by atoms with E-state index in [0.29, 0.717) is 41.8 Å². The molecule has 3 N–H and O–H groups in total. The Balaban J connectivity index is 1.35. The molecule has 0 radical (unpaired) electrons. The van der Waals surface area contributed by atoms with Gasteiger partial charge in [-0.25, -0.2) is 17.9 Å². The van der Waals surface area contributed by atoms with E-state index < -0.39 is 22.1 Å². The maximum absolute atomic E-state index is 12.9. The van der Waals surface area contributed by atoms with Gasteiger partial charge in [-0.15, -0.1) is 0 Å². The van der Waals surface area contributed by atoms with E-state index in [0.717, 1.165) is 19.3 Å². The lowest BCUT2D eigenvalue weighted by Crippen LogP contribution is -2.53. The number of sulfonamides is 1. The summed E-state index contributed by atoms with van der Waals surface area (Å²) in [5.74, 6) is 0.216. The van der Waals surface area contributed by atoms with Crippen LogP contribution in [-0.4, -0.2) is 39.5 Å². The van der Waals surface area contributed by atoms with E-state index >= 15 is 0 Å². The van der Waals surface area contributed by atoms with Gasteiger partial charge in [0, 0.05) is 18.8 Å². The van der Waals surface area contributed by atoms with Crippen LogP contribution < -0.4 is 20.3 Å². The second-order valence-corrected chi connectivity index (χ2v) is 10.2. The van der Waals surface area contributed by atoms with Crippen LogP contribution in [0.25, 0.3) is 0 Å². The largest absolute Gasteiger partial charge is 0.326 e. The molecule has 4 rings (SSSR count). The summed E-state index contributed by atoms with van der Waals surface area (Å²) >= 11 is 6.23. The van der Waals surface area contributed by atoms with Crippen LogP contribution in [-0.2, 0) is 14.8 Å². The van der Waals surface area contributed by atoms with Gasteiger partial charge >= 0.3 is 6.03 Å². The van der Waals surface area contributed by atoms with E-state index in [9.17, 15) is 18.0 Å². The van der Waals surface area contributed by atoms with Gasteiger partial charge in [-0.3, -0.25) is 4.79 Å². The van der Waals surface area contributed by atoms with E-state index in [1.165, 1.54) is 24.3 Å². The van der Waals surface area contributed by atoms with Gasteiger partial charge in [-0.1, -0.05) is 23.7 Å². The first-order chi connectivity index (χ1) is 15.3. The van der Waals surface area contributed by atoms with Crippen molar-refractivity contribution < 1.29 is 18.0 Å². The molecule has 10 heteroatoms. The Bertz CT molecular complexity index is 1100. The predicted octanol–water partition coefficient (Wildman–Crippen LogP) is 3.35. The van der Waals surface area contributed by atoms with Crippen molar-refractivity contribution in [1.29, 1.82) is 0 Å². The Kier molecular flexibility index (Phi) is 6.68. The number of halogens is 1. The topological polar surface area (TPSA) is 108 Å². The molecule has 8 nitrogen and oxygen atoms in total. The highest BCUT2D eigenvalue weighted by molar-refractivity contribution is 7.89. The summed E-state index contributed by atoms with van der Waals surface area (Å²) in [6, 6.07) is 11.8. The number of anilines is 2. The number of benzene rings is 2. The number of nitrogens with zero attached hydrogens (tertiary/aromatic N) is 1. The molecule has 1 saturated carbocycles. The molecule has 170 valence electrons. The summed E-state index contributed by atoms with van der Waals surface area (Å²) in [5, 5.41) is 5.84. The average molecular weight is 477 g/mol. The van der Waals surface area contributed by atoms with Crippen LogP contribution in [0.15, 0.2) is 53.4 Å². The van der Waals surface area contributed by atoms with Gasteiger partial charge < -0.3 is 15.5 Å². The third kappa shape index (κ3) is 5.40. The molecule has 1 heterocycles. The number of nitrogens with one attached hydrogen (secondary N) is 3. The quantitative estimate of drug-likeness (QED) is 0.569. The van der Waals surface area contributed by atoms with Crippen LogP contribution in [0, 0.1) is 5.92 Å². The highest BCUT2D eigenvalue weighted by Gasteiger charge is 2.31. The van der Waals surface area contributed by atoms with Crippen molar-refractivity contribution in [2.24, 2.45) is 5.92 Å². The van der Waals surface area contributed by atoms with Gasteiger partial charge in [0.2, 0.25) is 15.9 Å². The SMILES string of the molecule is O=C(Nc1ccc(S(=O)(=O)NCC2CC2)cc1)NC1CCCN(c2ccccc2Cl)C1=O. The Hall–Kier alpha value is -2.62. The maximum atomic E-state index is 12.9. The molecule has 2 aromatic rings. The van der Waals surface area contributed by atoms with Crippen molar-refractivity contribution in [1.82, 2.24) is 10.0 Å². The van der Waals surface area contributed by atoms with E-state index in [4.69, 9.17) is 11.6 Å². The molecule has 2 aliphatic rings. The molecule has 0 aromatic heterocycles. The molecule has 0 bridgehead atoms. The van der Waals surface area contributed by atoms with Crippen molar-refractivity contribution in [2.75, 3.05) is 23.3 Å². The zero-order valence-corrected chi connectivity index (χ0v) is 19.0. The van der Waals surface area contributed by atoms with Crippen LogP contribution in [0.3, 0.4) is 0 Å². The molecule has 2 aromatic carbocycles. The summed E-state index contributed by atoms with van der Waals surface area (Å²) in [4.78, 5) is 27.1. The zero-order chi connectivity index (χ0) is 22.7. The van der Waals surface area contributed by atoms with Crippen molar-refractivity contribution >= 4 is 44.9 Å². The first-order valence-corrected chi connectivity index (χ1v) is 12.4. The second-order valence-electron chi connectivity index (χ2n) is 8.05. The molecule has 3 amide bonds. The normalized spacial score (nSPS) is 19.0. The highest BCUT2D eigenvalue weighted by Crippen LogP contribution is 2.29. The maximum Gasteiger partial charge on any atom is 0.319 e. The monoisotopic (exact) mass is 476 g/mol. The lowest BCUT2D eigenvalue weighted by Gasteiger charge is -2.33. The minimum atomic E-state index is -3.57. The van der Waals surface area contributed by atoms with Gasteiger partial charge in [0.05, 0.1) is 15.6 Å². The van der Waals surface area contributed by atoms with Crippen molar-refractivity contribution in [2.45, 2.75) is 36.6 Å². The number of hydrogen-bond acceptors (Lipinski definition) is 4. The van der Waals surface area contributed by atoms with Gasteiger partial charge in [0.15, 0.2) is 0 Å². The number of para-hydroxylation sites is 1. The molecule has 1 unspecified atom stereocenters. The van der Waals surface area contributed by atoms with Crippen molar-refractivity contribution in [3.8, 4) is 0 Å². The molecule has 32 heavy (non-hydrogen) atoms. The smallest absolute Gasteiger partial charge is 0.319 e. The average Bonchev–Trinajstić information content (AvgIpc) is 3.60. The van der Waals surface area contributed by atoms with Gasteiger partial charge in [0.25, 0.3) is 0 Å². The van der Waals surface area contributed by atoms with Crippen LogP contribution in [0.2, 0.25) is 5.02 Å². The second kappa shape index (κ2) is 9.48. The van der Waals surface area contributed by atoms with E-state index in [2.05, 4.69) is 15.4 Å². The summed E-state index contributed by atoms with van der Waals surface area (Å²) in [6.07, 6.45) is 3.36. The molecular weight excluding hydrogens is 452 g/mol. The first-order valence-electron chi connectivity index (χ1n) is 10.6. The number of urea groups is 1. The number of hydrogen-bond donors (Lipinski definition) is 3. The molecular formula is C22H25ClN4O4S. The summed E-state index contributed by atoms with van der Waals surface area (Å²) in [6.45, 7) is 0.985. The van der Waals surface area contributed by atoms with Crippen LogP contribution in [0.5, 0.6) is 0 Å². The van der Waals surface area contributed by atoms with E-state index in [-0.39, 0.29) is 10.8 Å². The lowest BCUT2D eigenvalue weighted by molar-refractivity contribution is -0.121. The number of carbonyl (C=O) groups excluding carboxylic acids is 2. The number of piperidine rings is 1. The van der Waals surface area contributed by atoms with Crippen LogP contribution >= 0.6 is 11.6 Å². The fourth-order valence-electron chi connectivity index (χ4n) is 3.59. The standard InChI is InChI=1S/C22H25ClN4O4S/c23-18-4-1-2-6-20(18)27-13-3-5-19(21(27)28)26-22(29)25-16-9-11-17(12-10-16)32(30,31)24-14-15-7-8-15/h1-2,4,6,9-12,15,19,24H,3,5,7-8,13-14H2,(H2,25,26,29). The predicted molar refractivity (Wildman–Crippen MR) is 123 cm³/mol. The first kappa shape index (κ1) is 22.6. The molecule has 0 spiro atoms. The Labute approximate surface area is 192 Å². The summed E-state index contributed by atoms with van der Waals surface area (Å²) in [7, 11) is -3.57. The van der Waals surface area contributed by atoms with Crippen molar-refractivity contribution in [3.05, 3.63) is 53.6 Å². The highest BCUT2D eigenvalue weighted by atomic mass is 35.5. The van der Waals surface area contributed by atoms with Gasteiger partial charge in [-0.2, -0.15) is 0 Å². The van der Waals surface area contributed by atoms with Crippen LogP contribution in [0.1, 0.15) is 25.7 Å². The number of rotatable bonds is 7.